The van der Waals surface area contributed by atoms with Crippen LogP contribution in [0.1, 0.15) is 32.2 Å². The maximum Gasteiger partial charge on any atom is 0.162 e. The van der Waals surface area contributed by atoms with Crippen molar-refractivity contribution >= 4 is 5.57 Å². The minimum Gasteiger partial charge on any atom is -0.356 e. The summed E-state index contributed by atoms with van der Waals surface area (Å²) in [7, 11) is 0. The van der Waals surface area contributed by atoms with E-state index in [9.17, 15) is 0 Å². The van der Waals surface area contributed by atoms with E-state index in [4.69, 9.17) is 4.52 Å². The molecule has 0 aliphatic carbocycles. The van der Waals surface area contributed by atoms with Crippen molar-refractivity contribution in [2.75, 3.05) is 0 Å². The van der Waals surface area contributed by atoms with Gasteiger partial charge in [-0.2, -0.15) is 0 Å². The number of rotatable bonds is 3. The Hall–Kier alpha value is -1.05. The maximum atomic E-state index is 5.08. The second-order valence-corrected chi connectivity index (χ2v) is 3.56. The van der Waals surface area contributed by atoms with E-state index in [2.05, 4.69) is 25.6 Å². The van der Waals surface area contributed by atoms with Gasteiger partial charge in [-0.3, -0.25) is 0 Å². The Morgan fingerprint density at radius 3 is 2.75 bits per heavy atom. The van der Waals surface area contributed by atoms with Crippen molar-refractivity contribution in [3.05, 3.63) is 24.1 Å². The topological polar surface area (TPSA) is 26.0 Å². The lowest BCUT2D eigenvalue weighted by Crippen LogP contribution is -1.92. The van der Waals surface area contributed by atoms with Gasteiger partial charge in [0, 0.05) is 6.07 Å². The highest BCUT2D eigenvalue weighted by Crippen LogP contribution is 2.14. The van der Waals surface area contributed by atoms with Gasteiger partial charge in [0.05, 0.1) is 5.69 Å². The summed E-state index contributed by atoms with van der Waals surface area (Å²) in [5.74, 6) is 1.42. The molecule has 0 aliphatic heterocycles. The standard InChI is InChI=1S/C10H15NO/c1-7(2)5-9-6-10(8(3)4)12-11-9/h6-7H,3,5H2,1-2,4H3. The number of aromatic nitrogens is 1. The third-order valence-corrected chi connectivity index (χ3v) is 1.60. The Morgan fingerprint density at radius 1 is 1.67 bits per heavy atom. The van der Waals surface area contributed by atoms with Crippen LogP contribution in [0, 0.1) is 5.92 Å². The molecular formula is C10H15NO. The molecule has 0 saturated carbocycles. The highest BCUT2D eigenvalue weighted by Gasteiger charge is 2.05. The van der Waals surface area contributed by atoms with Gasteiger partial charge in [-0.15, -0.1) is 0 Å². The fourth-order valence-corrected chi connectivity index (χ4v) is 1.03. The summed E-state index contributed by atoms with van der Waals surface area (Å²) in [4.78, 5) is 0. The van der Waals surface area contributed by atoms with Gasteiger partial charge in [0.15, 0.2) is 5.76 Å². The first kappa shape index (κ1) is 9.04. The summed E-state index contributed by atoms with van der Waals surface area (Å²) < 4.78 is 5.08. The molecule has 1 heterocycles. The van der Waals surface area contributed by atoms with Gasteiger partial charge < -0.3 is 4.52 Å². The van der Waals surface area contributed by atoms with Crippen LogP contribution in [0.5, 0.6) is 0 Å². The van der Waals surface area contributed by atoms with E-state index in [0.29, 0.717) is 5.92 Å². The van der Waals surface area contributed by atoms with E-state index in [0.717, 1.165) is 23.4 Å². The zero-order valence-corrected chi connectivity index (χ0v) is 7.92. The molecule has 2 heteroatoms. The fraction of sp³-hybridized carbons (Fsp3) is 0.500. The molecule has 0 fully saturated rings. The first-order valence-corrected chi connectivity index (χ1v) is 4.21. The molecule has 0 aromatic carbocycles. The predicted molar refractivity (Wildman–Crippen MR) is 49.8 cm³/mol. The van der Waals surface area contributed by atoms with Gasteiger partial charge in [0.2, 0.25) is 0 Å². The van der Waals surface area contributed by atoms with Gasteiger partial charge in [-0.1, -0.05) is 25.6 Å². The van der Waals surface area contributed by atoms with Crippen molar-refractivity contribution in [3.8, 4) is 0 Å². The molecular weight excluding hydrogens is 150 g/mol. The summed E-state index contributed by atoms with van der Waals surface area (Å²) >= 11 is 0. The zero-order chi connectivity index (χ0) is 9.14. The summed E-state index contributed by atoms with van der Waals surface area (Å²) in [6, 6.07) is 1.96. The Bertz CT molecular complexity index is 273. The number of nitrogens with zero attached hydrogens (tertiary/aromatic N) is 1. The van der Waals surface area contributed by atoms with Crippen molar-refractivity contribution in [2.45, 2.75) is 27.2 Å². The van der Waals surface area contributed by atoms with Crippen LogP contribution < -0.4 is 0 Å². The average Bonchev–Trinajstić information content (AvgIpc) is 2.34. The van der Waals surface area contributed by atoms with Crippen molar-refractivity contribution < 1.29 is 4.52 Å². The molecule has 0 saturated heterocycles. The van der Waals surface area contributed by atoms with Crippen LogP contribution in [0.2, 0.25) is 0 Å². The number of allylic oxidation sites excluding steroid dienone is 1. The first-order valence-electron chi connectivity index (χ1n) is 4.21. The Balaban J connectivity index is 2.71. The summed E-state index contributed by atoms with van der Waals surface area (Å²) in [5, 5.41) is 3.94. The zero-order valence-electron chi connectivity index (χ0n) is 7.92. The SMILES string of the molecule is C=C(C)c1cc(CC(C)C)no1. The monoisotopic (exact) mass is 165 g/mol. The Kier molecular flexibility index (Phi) is 2.69. The van der Waals surface area contributed by atoms with Crippen molar-refractivity contribution in [1.82, 2.24) is 5.16 Å². The molecule has 0 bridgehead atoms. The maximum absolute atomic E-state index is 5.08. The van der Waals surface area contributed by atoms with Crippen LogP contribution in [0.25, 0.3) is 5.57 Å². The van der Waals surface area contributed by atoms with Crippen LogP contribution in [-0.4, -0.2) is 5.16 Å². The summed E-state index contributed by atoms with van der Waals surface area (Å²) in [6.07, 6.45) is 0.969. The minimum absolute atomic E-state index is 0.619. The van der Waals surface area contributed by atoms with Crippen molar-refractivity contribution in [1.29, 1.82) is 0 Å². The van der Waals surface area contributed by atoms with E-state index >= 15 is 0 Å². The summed E-state index contributed by atoms with van der Waals surface area (Å²) in [6.45, 7) is 10.0. The third-order valence-electron chi connectivity index (χ3n) is 1.60. The highest BCUT2D eigenvalue weighted by atomic mass is 16.5. The fourth-order valence-electron chi connectivity index (χ4n) is 1.03. The molecule has 1 aromatic rings. The average molecular weight is 165 g/mol. The normalized spacial score (nSPS) is 10.7. The van der Waals surface area contributed by atoms with Gasteiger partial charge in [-0.05, 0) is 24.8 Å². The molecule has 2 nitrogen and oxygen atoms in total. The van der Waals surface area contributed by atoms with Crippen molar-refractivity contribution in [2.24, 2.45) is 5.92 Å². The molecule has 1 rings (SSSR count). The molecule has 12 heavy (non-hydrogen) atoms. The highest BCUT2D eigenvalue weighted by molar-refractivity contribution is 5.55. The summed E-state index contributed by atoms with van der Waals surface area (Å²) in [5.41, 5.74) is 1.94. The van der Waals surface area contributed by atoms with Gasteiger partial charge >= 0.3 is 0 Å². The molecule has 66 valence electrons. The van der Waals surface area contributed by atoms with Crippen LogP contribution >= 0.6 is 0 Å². The second-order valence-electron chi connectivity index (χ2n) is 3.56. The van der Waals surface area contributed by atoms with Crippen LogP contribution in [-0.2, 0) is 6.42 Å². The molecule has 0 N–H and O–H groups in total. The number of hydrogen-bond donors (Lipinski definition) is 0. The smallest absolute Gasteiger partial charge is 0.162 e. The van der Waals surface area contributed by atoms with Gasteiger partial charge in [0.1, 0.15) is 0 Å². The molecule has 0 amide bonds. The lowest BCUT2D eigenvalue weighted by molar-refractivity contribution is 0.398. The second kappa shape index (κ2) is 3.57. The van der Waals surface area contributed by atoms with E-state index in [1.807, 2.05) is 13.0 Å². The first-order chi connectivity index (χ1) is 5.59. The van der Waals surface area contributed by atoms with Crippen LogP contribution in [0.4, 0.5) is 0 Å². The number of hydrogen-bond acceptors (Lipinski definition) is 2. The molecule has 0 spiro atoms. The van der Waals surface area contributed by atoms with E-state index < -0.39 is 0 Å². The van der Waals surface area contributed by atoms with Gasteiger partial charge in [-0.25, -0.2) is 0 Å². The van der Waals surface area contributed by atoms with E-state index in [1.54, 1.807) is 0 Å². The Labute approximate surface area is 73.3 Å². The quantitative estimate of drug-likeness (QED) is 0.688. The lowest BCUT2D eigenvalue weighted by Gasteiger charge is -1.96. The van der Waals surface area contributed by atoms with E-state index in [1.165, 1.54) is 0 Å². The largest absolute Gasteiger partial charge is 0.356 e. The van der Waals surface area contributed by atoms with Crippen molar-refractivity contribution in [3.63, 3.8) is 0 Å². The molecule has 1 aromatic heterocycles. The van der Waals surface area contributed by atoms with Crippen LogP contribution in [0.15, 0.2) is 17.2 Å². The third kappa shape index (κ3) is 2.22. The van der Waals surface area contributed by atoms with Gasteiger partial charge in [0.25, 0.3) is 0 Å². The molecule has 0 unspecified atom stereocenters. The van der Waals surface area contributed by atoms with Crippen LogP contribution in [0.3, 0.4) is 0 Å². The molecule has 0 radical (unpaired) electrons. The predicted octanol–water partition coefficient (Wildman–Crippen LogP) is 2.91. The molecule has 0 aliphatic rings. The molecule has 0 atom stereocenters. The minimum atomic E-state index is 0.619. The lowest BCUT2D eigenvalue weighted by atomic mass is 10.1. The Morgan fingerprint density at radius 2 is 2.33 bits per heavy atom. The van der Waals surface area contributed by atoms with E-state index in [-0.39, 0.29) is 0 Å².